The number of hydrogen-bond acceptors (Lipinski definition) is 3. The molecule has 0 bridgehead atoms. The highest BCUT2D eigenvalue weighted by atomic mass is 16.5. The van der Waals surface area contributed by atoms with Crippen LogP contribution in [-0.2, 0) is 22.1 Å². The molecule has 12 rings (SSSR count). The minimum Gasteiger partial charge on any atom is -0.410 e. The van der Waals surface area contributed by atoms with Crippen LogP contribution in [0.3, 0.4) is 0 Å². The summed E-state index contributed by atoms with van der Waals surface area (Å²) in [6.07, 6.45) is 3.15. The van der Waals surface area contributed by atoms with Gasteiger partial charge in [0.05, 0.1) is 22.6 Å². The third-order valence-corrected chi connectivity index (χ3v) is 15.7. The maximum atomic E-state index is 8.23. The normalized spacial score (nSPS) is 17.8. The van der Waals surface area contributed by atoms with Crippen LogP contribution in [0.1, 0.15) is 128 Å². The van der Waals surface area contributed by atoms with Gasteiger partial charge in [-0.3, -0.25) is 0 Å². The zero-order valence-electron chi connectivity index (χ0n) is 42.2. The van der Waals surface area contributed by atoms with E-state index in [1.54, 1.807) is 0 Å². The van der Waals surface area contributed by atoms with Crippen LogP contribution in [0.25, 0.3) is 55.8 Å². The Labute approximate surface area is 409 Å². The van der Waals surface area contributed by atoms with E-state index in [0.29, 0.717) is 5.92 Å². The molecule has 0 saturated carbocycles. The fourth-order valence-corrected chi connectivity index (χ4v) is 11.7. The lowest BCUT2D eigenvalue weighted by molar-refractivity contribution is -0.774. The van der Waals surface area contributed by atoms with Crippen LogP contribution in [0.2, 0.25) is 0 Å². The first-order valence-corrected chi connectivity index (χ1v) is 25.2. The number of fused-ring (bicyclic) bond motifs is 5. The van der Waals surface area contributed by atoms with E-state index < -0.39 is 5.85 Å². The molecule has 4 nitrogen and oxygen atoms in total. The highest BCUT2D eigenvalue weighted by molar-refractivity contribution is 6.03. The Morgan fingerprint density at radius 2 is 1.17 bits per heavy atom. The second kappa shape index (κ2) is 15.0. The molecule has 3 atom stereocenters. The van der Waals surface area contributed by atoms with Gasteiger partial charge in [-0.2, -0.15) is 0 Å². The topological polar surface area (TPSA) is 19.6 Å². The Morgan fingerprint density at radius 3 is 1.83 bits per heavy atom. The van der Waals surface area contributed by atoms with E-state index in [2.05, 4.69) is 254 Å². The quantitative estimate of drug-likeness (QED) is 0.155. The molecule has 0 aliphatic carbocycles. The highest BCUT2D eigenvalue weighted by Crippen LogP contribution is 2.68. The highest BCUT2D eigenvalue weighted by Gasteiger charge is 2.70. The fourth-order valence-electron chi connectivity index (χ4n) is 11.7. The molecule has 69 heavy (non-hydrogen) atoms. The van der Waals surface area contributed by atoms with Crippen molar-refractivity contribution < 1.29 is 9.30 Å². The van der Waals surface area contributed by atoms with Crippen molar-refractivity contribution in [1.29, 1.82) is 0 Å². The molecule has 0 fully saturated rings. The average molecular weight is 903 g/mol. The number of benzene rings is 7. The maximum absolute atomic E-state index is 8.23. The lowest BCUT2D eigenvalue weighted by Crippen LogP contribution is -2.71. The Hall–Kier alpha value is -6.91. The first kappa shape index (κ1) is 43.4. The van der Waals surface area contributed by atoms with E-state index in [1.165, 1.54) is 101 Å². The number of aromatic nitrogens is 1. The molecule has 3 unspecified atom stereocenters. The molecule has 0 amide bonds. The molecule has 1 spiro atoms. The first-order chi connectivity index (χ1) is 33.0. The van der Waals surface area contributed by atoms with Gasteiger partial charge in [-0.1, -0.05) is 185 Å². The van der Waals surface area contributed by atoms with Crippen molar-refractivity contribution in [3.8, 4) is 61.5 Å². The summed E-state index contributed by atoms with van der Waals surface area (Å²) in [5, 5.41) is 0. The van der Waals surface area contributed by atoms with Crippen LogP contribution >= 0.6 is 0 Å². The van der Waals surface area contributed by atoms with Crippen LogP contribution in [0.15, 0.2) is 164 Å². The van der Waals surface area contributed by atoms with Gasteiger partial charge in [-0.25, -0.2) is 4.90 Å². The van der Waals surface area contributed by atoms with Gasteiger partial charge < -0.3 is 9.64 Å². The summed E-state index contributed by atoms with van der Waals surface area (Å²) in [5.74, 6) is 0.360. The third-order valence-electron chi connectivity index (χ3n) is 15.7. The lowest BCUT2D eigenvalue weighted by atomic mass is 9.77. The van der Waals surface area contributed by atoms with Gasteiger partial charge in [0, 0.05) is 39.9 Å². The van der Waals surface area contributed by atoms with E-state index in [1.807, 2.05) is 0 Å². The molecule has 1 aromatic heterocycles. The van der Waals surface area contributed by atoms with Crippen molar-refractivity contribution in [2.45, 2.75) is 117 Å². The van der Waals surface area contributed by atoms with Gasteiger partial charge in [-0.15, -0.1) is 4.57 Å². The molecule has 4 aliphatic rings. The zero-order valence-corrected chi connectivity index (χ0v) is 42.2. The first-order valence-electron chi connectivity index (χ1n) is 25.2. The van der Waals surface area contributed by atoms with Crippen molar-refractivity contribution in [2.75, 3.05) is 9.80 Å². The van der Waals surface area contributed by atoms with E-state index >= 15 is 0 Å². The number of ether oxygens (including phenoxy) is 1. The van der Waals surface area contributed by atoms with Crippen molar-refractivity contribution in [3.63, 3.8) is 0 Å². The number of para-hydroxylation sites is 1. The Kier molecular flexibility index (Phi) is 9.46. The number of anilines is 3. The number of rotatable bonds is 6. The molecule has 0 radical (unpaired) electrons. The second-order valence-corrected chi connectivity index (χ2v) is 23.2. The summed E-state index contributed by atoms with van der Waals surface area (Å²) in [4.78, 5) is 5.37. The molecule has 7 aromatic carbocycles. The predicted octanol–water partition coefficient (Wildman–Crippen LogP) is 16.7. The largest absolute Gasteiger partial charge is 0.432 e. The van der Waals surface area contributed by atoms with Crippen LogP contribution in [0.4, 0.5) is 17.1 Å². The Morgan fingerprint density at radius 1 is 0.551 bits per heavy atom. The van der Waals surface area contributed by atoms with Gasteiger partial charge in [0.15, 0.2) is 6.20 Å². The molecular formula is C65H64N3O+. The average Bonchev–Trinajstić information content (AvgIpc) is 3.84. The standard InChI is InChI=1S/C65H64N3O/c1-12-40(2)45-30-31-55(50(34-45)44-22-17-14-18-23-44)67-56-25-19-24-49-51-36-47(62(3,4)5)37-52-57-35-46(43-28-26-42(27-29-43)41-20-15-13-16-21-41)32-33-66(57)65(58(51)52)68(59(49)56)61(67)53-38-48(63(6,7)8)39-54(60(53)69-65)64(9,10)11/h13-40,61H,12H2,1-11H3/q+1. The maximum Gasteiger partial charge on any atom is 0.432 e. The fraction of sp³-hybridized carbons (Fsp3) is 0.277. The monoisotopic (exact) mass is 903 g/mol. The SMILES string of the molecule is CCC(C)c1ccc(N2c3cccc4c3N3C2c2cc(C(C)(C)C)cc(C(C)(C)C)c2OC32c3c-4cc(C(C)(C)C)cc3-c3cc(-c4ccc(-c5ccccc5)cc4)cc[n+]32)c(-c2ccccc2)c1. The minimum absolute atomic E-state index is 0.103. The predicted molar refractivity (Wildman–Crippen MR) is 287 cm³/mol. The molecule has 0 saturated heterocycles. The lowest BCUT2D eigenvalue weighted by Gasteiger charge is -2.49. The molecule has 344 valence electrons. The van der Waals surface area contributed by atoms with Crippen LogP contribution in [0.5, 0.6) is 5.75 Å². The van der Waals surface area contributed by atoms with Gasteiger partial charge >= 0.3 is 5.85 Å². The molecular weight excluding hydrogens is 839 g/mol. The van der Waals surface area contributed by atoms with Crippen LogP contribution in [-0.4, -0.2) is 0 Å². The summed E-state index contributed by atoms with van der Waals surface area (Å²) in [6.45, 7) is 25.8. The molecule has 0 N–H and O–H groups in total. The minimum atomic E-state index is -1.05. The van der Waals surface area contributed by atoms with Crippen molar-refractivity contribution >= 4 is 17.1 Å². The van der Waals surface area contributed by atoms with Gasteiger partial charge in [0.25, 0.3) is 0 Å². The number of pyridine rings is 1. The van der Waals surface area contributed by atoms with Crippen molar-refractivity contribution in [3.05, 3.63) is 197 Å². The van der Waals surface area contributed by atoms with E-state index in [9.17, 15) is 0 Å². The number of nitrogens with zero attached hydrogens (tertiary/aromatic N) is 3. The van der Waals surface area contributed by atoms with Crippen molar-refractivity contribution in [2.24, 2.45) is 0 Å². The summed E-state index contributed by atoms with van der Waals surface area (Å²) in [6, 6.07) is 59.7. The third kappa shape index (κ3) is 6.43. The zero-order chi connectivity index (χ0) is 47.9. The summed E-state index contributed by atoms with van der Waals surface area (Å²) in [5.41, 5.74) is 22.9. The molecule has 4 aliphatic heterocycles. The van der Waals surface area contributed by atoms with Gasteiger partial charge in [0.1, 0.15) is 17.5 Å². The van der Waals surface area contributed by atoms with E-state index in [4.69, 9.17) is 4.74 Å². The van der Waals surface area contributed by atoms with Gasteiger partial charge in [-0.05, 0) is 109 Å². The molecule has 4 heteroatoms. The van der Waals surface area contributed by atoms with Crippen LogP contribution < -0.4 is 19.1 Å². The summed E-state index contributed by atoms with van der Waals surface area (Å²) in [7, 11) is 0. The van der Waals surface area contributed by atoms with E-state index in [0.717, 1.165) is 17.9 Å². The number of hydrogen-bond donors (Lipinski definition) is 0. The van der Waals surface area contributed by atoms with Crippen LogP contribution in [0, 0.1) is 0 Å². The second-order valence-electron chi connectivity index (χ2n) is 23.2. The Balaban J connectivity index is 1.18. The van der Waals surface area contributed by atoms with E-state index in [-0.39, 0.29) is 22.4 Å². The Bertz CT molecular complexity index is 3370. The molecule has 8 aromatic rings. The van der Waals surface area contributed by atoms with Crippen molar-refractivity contribution in [1.82, 2.24) is 0 Å². The molecule has 5 heterocycles. The smallest absolute Gasteiger partial charge is 0.410 e. The summed E-state index contributed by atoms with van der Waals surface area (Å²) >= 11 is 0. The van der Waals surface area contributed by atoms with Gasteiger partial charge in [0.2, 0.25) is 5.69 Å². The summed E-state index contributed by atoms with van der Waals surface area (Å²) < 4.78 is 10.7.